The second-order valence-electron chi connectivity index (χ2n) is 6.02. The van der Waals surface area contributed by atoms with Crippen molar-refractivity contribution in [2.75, 3.05) is 6.61 Å². The molecule has 2 heterocycles. The molecule has 0 bridgehead atoms. The second kappa shape index (κ2) is 6.31. The molecule has 1 fully saturated rings. The molecule has 4 rings (SSSR count). The largest absolute Gasteiger partial charge is 0.477 e. The number of rotatable bonds is 6. The van der Waals surface area contributed by atoms with E-state index in [1.165, 1.54) is 12.8 Å². The predicted molar refractivity (Wildman–Crippen MR) is 89.7 cm³/mol. The zero-order valence-electron chi connectivity index (χ0n) is 13.2. The Bertz CT molecular complexity index is 837. The number of nitrogens with zero attached hydrogens (tertiary/aromatic N) is 2. The van der Waals surface area contributed by atoms with Gasteiger partial charge in [0.1, 0.15) is 5.82 Å². The molecule has 0 spiro atoms. The molecular formula is C18H18N4O2. The summed E-state index contributed by atoms with van der Waals surface area (Å²) in [5.41, 5.74) is 2.38. The number of nitrogens with one attached hydrogen (secondary N) is 2. The normalized spacial score (nSPS) is 13.8. The third-order valence-corrected chi connectivity index (χ3v) is 4.02. The first-order valence-electron chi connectivity index (χ1n) is 8.08. The molecule has 2 N–H and O–H groups in total. The lowest BCUT2D eigenvalue weighted by Crippen LogP contribution is -2.23. The van der Waals surface area contributed by atoms with Gasteiger partial charge in [-0.25, -0.2) is 9.97 Å². The van der Waals surface area contributed by atoms with E-state index in [0.29, 0.717) is 30.5 Å². The molecule has 122 valence electrons. The molecule has 6 nitrogen and oxygen atoms in total. The van der Waals surface area contributed by atoms with Crippen LogP contribution in [0.15, 0.2) is 42.6 Å². The molecule has 0 unspecified atom stereocenters. The van der Waals surface area contributed by atoms with Crippen LogP contribution in [0, 0.1) is 5.92 Å². The number of aromatic amines is 1. The Hall–Kier alpha value is -2.89. The Balaban J connectivity index is 1.38. The number of H-pyrrole nitrogens is 1. The highest BCUT2D eigenvalue weighted by Crippen LogP contribution is 2.29. The average Bonchev–Trinajstić information content (AvgIpc) is 3.35. The lowest BCUT2D eigenvalue weighted by atomic mass is 10.2. The third-order valence-electron chi connectivity index (χ3n) is 4.02. The third kappa shape index (κ3) is 3.37. The molecule has 0 aliphatic heterocycles. The van der Waals surface area contributed by atoms with Gasteiger partial charge in [-0.3, -0.25) is 4.79 Å². The van der Waals surface area contributed by atoms with Gasteiger partial charge in [-0.05, 0) is 37.0 Å². The molecule has 1 aromatic carbocycles. The molecule has 6 heteroatoms. The number of pyridine rings is 1. The molecule has 2 aromatic heterocycles. The van der Waals surface area contributed by atoms with E-state index in [-0.39, 0.29) is 5.91 Å². The van der Waals surface area contributed by atoms with Gasteiger partial charge in [-0.2, -0.15) is 0 Å². The molecule has 0 atom stereocenters. The van der Waals surface area contributed by atoms with Crippen LogP contribution in [0.1, 0.15) is 29.0 Å². The zero-order valence-corrected chi connectivity index (χ0v) is 13.2. The lowest BCUT2D eigenvalue weighted by molar-refractivity contribution is 0.0949. The number of carbonyl (C=O) groups is 1. The number of hydrogen-bond donors (Lipinski definition) is 2. The summed E-state index contributed by atoms with van der Waals surface area (Å²) in [6.07, 6.45) is 4.04. The summed E-state index contributed by atoms with van der Waals surface area (Å²) in [6, 6.07) is 11.1. The van der Waals surface area contributed by atoms with Crippen LogP contribution in [-0.2, 0) is 6.54 Å². The zero-order chi connectivity index (χ0) is 16.4. The van der Waals surface area contributed by atoms with E-state index in [0.717, 1.165) is 16.9 Å². The quantitative estimate of drug-likeness (QED) is 0.731. The van der Waals surface area contributed by atoms with Crippen LogP contribution >= 0.6 is 0 Å². The van der Waals surface area contributed by atoms with Crippen molar-refractivity contribution >= 4 is 16.9 Å². The molecule has 1 aliphatic rings. The van der Waals surface area contributed by atoms with E-state index >= 15 is 0 Å². The maximum absolute atomic E-state index is 12.3. The smallest absolute Gasteiger partial charge is 0.251 e. The second-order valence-corrected chi connectivity index (χ2v) is 6.02. The van der Waals surface area contributed by atoms with Gasteiger partial charge in [0.15, 0.2) is 0 Å². The Kier molecular flexibility index (Phi) is 3.86. The highest BCUT2D eigenvalue weighted by Gasteiger charge is 2.22. The van der Waals surface area contributed by atoms with Gasteiger partial charge in [0.05, 0.1) is 24.2 Å². The first kappa shape index (κ1) is 14.7. The lowest BCUT2D eigenvalue weighted by Gasteiger charge is -2.06. The summed E-state index contributed by atoms with van der Waals surface area (Å²) in [4.78, 5) is 24.1. The highest BCUT2D eigenvalue weighted by atomic mass is 16.5. The summed E-state index contributed by atoms with van der Waals surface area (Å²) in [5, 5.41) is 2.86. The fraction of sp³-hybridized carbons (Fsp3) is 0.278. The van der Waals surface area contributed by atoms with Crippen LogP contribution in [0.4, 0.5) is 0 Å². The maximum atomic E-state index is 12.3. The Morgan fingerprint density at radius 2 is 2.17 bits per heavy atom. The van der Waals surface area contributed by atoms with E-state index in [2.05, 4.69) is 20.3 Å². The molecule has 1 aliphatic carbocycles. The van der Waals surface area contributed by atoms with Crippen molar-refractivity contribution in [1.82, 2.24) is 20.3 Å². The topological polar surface area (TPSA) is 79.9 Å². The van der Waals surface area contributed by atoms with Crippen molar-refractivity contribution < 1.29 is 9.53 Å². The number of para-hydroxylation sites is 2. The summed E-state index contributed by atoms with van der Waals surface area (Å²) in [5.74, 6) is 1.70. The number of fused-ring (bicyclic) bond motifs is 1. The summed E-state index contributed by atoms with van der Waals surface area (Å²) in [6.45, 7) is 1.02. The van der Waals surface area contributed by atoms with Crippen LogP contribution in [0.5, 0.6) is 5.88 Å². The van der Waals surface area contributed by atoms with E-state index in [4.69, 9.17) is 4.74 Å². The minimum Gasteiger partial charge on any atom is -0.477 e. The average molecular weight is 322 g/mol. The molecule has 1 amide bonds. The molecule has 3 aromatic rings. The van der Waals surface area contributed by atoms with Crippen molar-refractivity contribution in [3.05, 3.63) is 54.0 Å². The number of ether oxygens (including phenoxy) is 1. The van der Waals surface area contributed by atoms with Gasteiger partial charge in [-0.1, -0.05) is 12.1 Å². The van der Waals surface area contributed by atoms with Gasteiger partial charge >= 0.3 is 0 Å². The fourth-order valence-corrected chi connectivity index (χ4v) is 2.47. The monoisotopic (exact) mass is 322 g/mol. The summed E-state index contributed by atoms with van der Waals surface area (Å²) < 4.78 is 5.61. The van der Waals surface area contributed by atoms with Gasteiger partial charge in [-0.15, -0.1) is 0 Å². The van der Waals surface area contributed by atoms with E-state index in [1.807, 2.05) is 24.3 Å². The van der Waals surface area contributed by atoms with Gasteiger partial charge in [0.2, 0.25) is 5.88 Å². The predicted octanol–water partition coefficient (Wildman–Crippen LogP) is 2.68. The molecule has 1 saturated carbocycles. The fourth-order valence-electron chi connectivity index (χ4n) is 2.47. The molecule has 0 radical (unpaired) electrons. The molecule has 24 heavy (non-hydrogen) atoms. The maximum Gasteiger partial charge on any atom is 0.251 e. The summed E-state index contributed by atoms with van der Waals surface area (Å²) >= 11 is 0. The van der Waals surface area contributed by atoms with Gasteiger partial charge < -0.3 is 15.0 Å². The molecule has 0 saturated heterocycles. The number of carbonyl (C=O) groups excluding carboxylic acids is 1. The van der Waals surface area contributed by atoms with Crippen molar-refractivity contribution in [2.45, 2.75) is 19.4 Å². The van der Waals surface area contributed by atoms with Crippen molar-refractivity contribution in [3.8, 4) is 5.88 Å². The standard InChI is InChI=1S/C18H18N4O2/c23-18(13-7-8-19-17(9-13)24-11-12-5-6-12)20-10-16-21-14-3-1-2-4-15(14)22-16/h1-4,7-9,12H,5-6,10-11H2,(H,20,23)(H,21,22). The minimum atomic E-state index is -0.172. The molecular weight excluding hydrogens is 304 g/mol. The van der Waals surface area contributed by atoms with Crippen molar-refractivity contribution in [1.29, 1.82) is 0 Å². The Labute approximate surface area is 139 Å². The Morgan fingerprint density at radius 3 is 3.00 bits per heavy atom. The SMILES string of the molecule is O=C(NCc1nc2ccccc2[nH]1)c1ccnc(OCC2CC2)c1. The van der Waals surface area contributed by atoms with Crippen molar-refractivity contribution in [2.24, 2.45) is 5.92 Å². The minimum absolute atomic E-state index is 0.172. The van der Waals surface area contributed by atoms with Crippen LogP contribution in [0.2, 0.25) is 0 Å². The van der Waals surface area contributed by atoms with Gasteiger partial charge in [0.25, 0.3) is 5.91 Å². The van der Waals surface area contributed by atoms with Crippen molar-refractivity contribution in [3.63, 3.8) is 0 Å². The first-order valence-corrected chi connectivity index (χ1v) is 8.08. The van der Waals surface area contributed by atoms with E-state index in [1.54, 1.807) is 18.3 Å². The van der Waals surface area contributed by atoms with Crippen LogP contribution in [0.25, 0.3) is 11.0 Å². The Morgan fingerprint density at radius 1 is 1.29 bits per heavy atom. The number of amides is 1. The van der Waals surface area contributed by atoms with Crippen LogP contribution < -0.4 is 10.1 Å². The van der Waals surface area contributed by atoms with E-state index < -0.39 is 0 Å². The summed E-state index contributed by atoms with van der Waals surface area (Å²) in [7, 11) is 0. The number of aromatic nitrogens is 3. The van der Waals surface area contributed by atoms with E-state index in [9.17, 15) is 4.79 Å². The number of hydrogen-bond acceptors (Lipinski definition) is 4. The number of benzene rings is 1. The van der Waals surface area contributed by atoms with Crippen LogP contribution in [0.3, 0.4) is 0 Å². The highest BCUT2D eigenvalue weighted by molar-refractivity contribution is 5.94. The van der Waals surface area contributed by atoms with Gasteiger partial charge in [0, 0.05) is 17.8 Å². The number of imidazole rings is 1. The first-order chi connectivity index (χ1) is 11.8. The van der Waals surface area contributed by atoms with Crippen LogP contribution in [-0.4, -0.2) is 27.5 Å².